The Bertz CT molecular complexity index is 768. The maximum atomic E-state index is 12.6. The maximum Gasteiger partial charge on any atom is 0.255 e. The number of rotatable bonds is 5. The van der Waals surface area contributed by atoms with Gasteiger partial charge in [-0.3, -0.25) is 9.59 Å². The molecule has 2 N–H and O–H groups in total. The topological polar surface area (TPSA) is 58.2 Å². The van der Waals surface area contributed by atoms with Gasteiger partial charge < -0.3 is 10.6 Å². The third kappa shape index (κ3) is 3.48. The number of hydrogen-bond acceptors (Lipinski definition) is 2. The minimum atomic E-state index is -0.180. The van der Waals surface area contributed by atoms with Gasteiger partial charge in [-0.2, -0.15) is 0 Å². The summed E-state index contributed by atoms with van der Waals surface area (Å²) in [5.41, 5.74) is 4.26. The summed E-state index contributed by atoms with van der Waals surface area (Å²) in [6, 6.07) is 13.0. The van der Waals surface area contributed by atoms with Gasteiger partial charge in [0.25, 0.3) is 11.8 Å². The fourth-order valence-corrected chi connectivity index (χ4v) is 3.03. The number of nitrogens with one attached hydrogen (secondary N) is 2. The van der Waals surface area contributed by atoms with E-state index in [2.05, 4.69) is 10.6 Å². The minimum Gasteiger partial charge on any atom is -0.352 e. The van der Waals surface area contributed by atoms with Crippen molar-refractivity contribution >= 4 is 17.5 Å². The molecule has 1 aliphatic rings. The Labute approximate surface area is 142 Å². The van der Waals surface area contributed by atoms with Crippen molar-refractivity contribution in [2.75, 3.05) is 11.9 Å². The van der Waals surface area contributed by atoms with E-state index in [1.807, 2.05) is 31.2 Å². The first-order chi connectivity index (χ1) is 11.7. The van der Waals surface area contributed by atoms with Crippen LogP contribution in [0.1, 0.15) is 51.6 Å². The number of fused-ring (bicyclic) bond motifs is 1. The zero-order chi connectivity index (χ0) is 16.9. The lowest BCUT2D eigenvalue weighted by Crippen LogP contribution is -2.25. The van der Waals surface area contributed by atoms with Gasteiger partial charge in [-0.05, 0) is 61.1 Å². The first-order valence-electron chi connectivity index (χ1n) is 8.49. The number of para-hydroxylation sites is 1. The molecule has 0 aliphatic heterocycles. The number of aryl methyl sites for hydroxylation is 2. The lowest BCUT2D eigenvalue weighted by Gasteiger charge is -2.12. The van der Waals surface area contributed by atoms with Crippen LogP contribution in [0, 0.1) is 0 Å². The number of carbonyl (C=O) groups is 2. The van der Waals surface area contributed by atoms with Gasteiger partial charge in [-0.25, -0.2) is 0 Å². The van der Waals surface area contributed by atoms with Crippen molar-refractivity contribution in [3.8, 4) is 0 Å². The summed E-state index contributed by atoms with van der Waals surface area (Å²) in [6.07, 6.45) is 4.15. The van der Waals surface area contributed by atoms with Gasteiger partial charge in [0.1, 0.15) is 0 Å². The van der Waals surface area contributed by atoms with Crippen molar-refractivity contribution in [1.29, 1.82) is 0 Å². The molecule has 0 saturated carbocycles. The predicted molar refractivity (Wildman–Crippen MR) is 95.5 cm³/mol. The summed E-state index contributed by atoms with van der Waals surface area (Å²) < 4.78 is 0. The molecule has 1 aliphatic carbocycles. The van der Waals surface area contributed by atoms with Crippen molar-refractivity contribution in [1.82, 2.24) is 5.32 Å². The van der Waals surface area contributed by atoms with E-state index in [1.54, 1.807) is 18.2 Å². The molecule has 124 valence electrons. The van der Waals surface area contributed by atoms with E-state index in [4.69, 9.17) is 0 Å². The van der Waals surface area contributed by atoms with Crippen LogP contribution in [0.25, 0.3) is 0 Å². The van der Waals surface area contributed by atoms with Crippen LogP contribution in [0.4, 0.5) is 5.69 Å². The van der Waals surface area contributed by atoms with Gasteiger partial charge in [0.05, 0.1) is 11.3 Å². The molecule has 4 heteroatoms. The largest absolute Gasteiger partial charge is 0.352 e. The van der Waals surface area contributed by atoms with Gasteiger partial charge >= 0.3 is 0 Å². The van der Waals surface area contributed by atoms with Crippen molar-refractivity contribution in [2.24, 2.45) is 0 Å². The average Bonchev–Trinajstić information content (AvgIpc) is 3.07. The normalized spacial score (nSPS) is 12.5. The second-order valence-electron chi connectivity index (χ2n) is 6.09. The van der Waals surface area contributed by atoms with Crippen LogP contribution in [0.5, 0.6) is 0 Å². The molecular formula is C20H22N2O2. The third-order valence-corrected chi connectivity index (χ3v) is 4.32. The highest BCUT2D eigenvalue weighted by Gasteiger charge is 2.16. The molecule has 2 aromatic rings. The second-order valence-corrected chi connectivity index (χ2v) is 6.09. The highest BCUT2D eigenvalue weighted by atomic mass is 16.2. The van der Waals surface area contributed by atoms with Gasteiger partial charge in [0, 0.05) is 12.1 Å². The SMILES string of the molecule is CCCNC(=O)c1ccccc1NC(=O)c1ccc2c(c1)CCC2. The van der Waals surface area contributed by atoms with Gasteiger partial charge in [0.2, 0.25) is 0 Å². The Kier molecular flexibility index (Phi) is 4.94. The minimum absolute atomic E-state index is 0.165. The molecule has 0 bridgehead atoms. The highest BCUT2D eigenvalue weighted by molar-refractivity contribution is 6.09. The maximum absolute atomic E-state index is 12.6. The molecule has 0 spiro atoms. The Morgan fingerprint density at radius 1 is 1.00 bits per heavy atom. The van der Waals surface area contributed by atoms with Crippen LogP contribution in [-0.4, -0.2) is 18.4 Å². The number of anilines is 1. The highest BCUT2D eigenvalue weighted by Crippen LogP contribution is 2.23. The summed E-state index contributed by atoms with van der Waals surface area (Å²) in [7, 11) is 0. The van der Waals surface area contributed by atoms with Crippen molar-refractivity contribution in [3.05, 3.63) is 64.7 Å². The van der Waals surface area contributed by atoms with Crippen molar-refractivity contribution in [3.63, 3.8) is 0 Å². The molecule has 4 nitrogen and oxygen atoms in total. The Hall–Kier alpha value is -2.62. The lowest BCUT2D eigenvalue weighted by atomic mass is 10.1. The molecule has 0 atom stereocenters. The number of carbonyl (C=O) groups excluding carboxylic acids is 2. The summed E-state index contributed by atoms with van der Waals surface area (Å²) in [6.45, 7) is 2.62. The summed E-state index contributed by atoms with van der Waals surface area (Å²) >= 11 is 0. The molecule has 2 amide bonds. The molecule has 0 aromatic heterocycles. The molecule has 0 fully saturated rings. The van der Waals surface area contributed by atoms with Gasteiger partial charge in [-0.1, -0.05) is 25.1 Å². The number of benzene rings is 2. The smallest absolute Gasteiger partial charge is 0.255 e. The van der Waals surface area contributed by atoms with Crippen LogP contribution >= 0.6 is 0 Å². The average molecular weight is 322 g/mol. The van der Waals surface area contributed by atoms with Crippen molar-refractivity contribution in [2.45, 2.75) is 32.6 Å². The fraction of sp³-hybridized carbons (Fsp3) is 0.300. The first-order valence-corrected chi connectivity index (χ1v) is 8.49. The first kappa shape index (κ1) is 16.2. The summed E-state index contributed by atoms with van der Waals surface area (Å²) in [5, 5.41) is 5.72. The lowest BCUT2D eigenvalue weighted by molar-refractivity contribution is 0.0954. The van der Waals surface area contributed by atoms with E-state index in [-0.39, 0.29) is 11.8 Å². The zero-order valence-corrected chi connectivity index (χ0v) is 13.9. The molecule has 24 heavy (non-hydrogen) atoms. The molecule has 0 radical (unpaired) electrons. The standard InChI is InChI=1S/C20H22N2O2/c1-2-12-21-20(24)17-8-3-4-9-18(17)22-19(23)16-11-10-14-6-5-7-15(14)13-16/h3-4,8-11,13H,2,5-7,12H2,1H3,(H,21,24)(H,22,23). The molecular weight excluding hydrogens is 300 g/mol. The molecule has 2 aromatic carbocycles. The van der Waals surface area contributed by atoms with E-state index in [0.717, 1.165) is 25.7 Å². The molecule has 0 unspecified atom stereocenters. The van der Waals surface area contributed by atoms with Gasteiger partial charge in [-0.15, -0.1) is 0 Å². The van der Waals surface area contributed by atoms with Crippen LogP contribution in [0.2, 0.25) is 0 Å². The molecule has 3 rings (SSSR count). The predicted octanol–water partition coefficient (Wildman–Crippen LogP) is 3.57. The van der Waals surface area contributed by atoms with E-state index in [9.17, 15) is 9.59 Å². The Balaban J connectivity index is 1.78. The van der Waals surface area contributed by atoms with Crippen LogP contribution in [-0.2, 0) is 12.8 Å². The van der Waals surface area contributed by atoms with E-state index in [0.29, 0.717) is 23.4 Å². The van der Waals surface area contributed by atoms with Crippen LogP contribution in [0.3, 0.4) is 0 Å². The Morgan fingerprint density at radius 2 is 1.79 bits per heavy atom. The number of hydrogen-bond donors (Lipinski definition) is 2. The number of amides is 2. The monoisotopic (exact) mass is 322 g/mol. The van der Waals surface area contributed by atoms with E-state index < -0.39 is 0 Å². The van der Waals surface area contributed by atoms with Crippen molar-refractivity contribution < 1.29 is 9.59 Å². The van der Waals surface area contributed by atoms with E-state index in [1.165, 1.54) is 11.1 Å². The summed E-state index contributed by atoms with van der Waals surface area (Å²) in [4.78, 5) is 24.8. The zero-order valence-electron chi connectivity index (χ0n) is 13.9. The summed E-state index contributed by atoms with van der Waals surface area (Å²) in [5.74, 6) is -0.345. The quantitative estimate of drug-likeness (QED) is 0.884. The molecule has 0 heterocycles. The fourth-order valence-electron chi connectivity index (χ4n) is 3.03. The second kappa shape index (κ2) is 7.30. The molecule has 0 saturated heterocycles. The van der Waals surface area contributed by atoms with Gasteiger partial charge in [0.15, 0.2) is 0 Å². The van der Waals surface area contributed by atoms with E-state index >= 15 is 0 Å². The van der Waals surface area contributed by atoms with Crippen LogP contribution in [0.15, 0.2) is 42.5 Å². The van der Waals surface area contributed by atoms with Crippen LogP contribution < -0.4 is 10.6 Å². The third-order valence-electron chi connectivity index (χ3n) is 4.32. The Morgan fingerprint density at radius 3 is 2.62 bits per heavy atom.